The number of likely N-dealkylation sites (tertiary alicyclic amines) is 1. The topological polar surface area (TPSA) is 42.0 Å². The van der Waals surface area contributed by atoms with Crippen LogP contribution < -0.4 is 9.64 Å². The molecule has 7 heteroatoms. The van der Waals surface area contributed by atoms with Crippen LogP contribution in [0.2, 0.25) is 5.02 Å². The molecule has 2 aromatic carbocycles. The van der Waals surface area contributed by atoms with Crippen LogP contribution >= 0.6 is 27.5 Å². The van der Waals surface area contributed by atoms with Crippen molar-refractivity contribution in [2.45, 2.75) is 51.7 Å². The number of amides is 1. The number of rotatable bonds is 8. The Balaban J connectivity index is 1.22. The fourth-order valence-electron chi connectivity index (χ4n) is 4.61. The lowest BCUT2D eigenvalue weighted by Crippen LogP contribution is -2.36. The number of carbonyl (C=O) groups excluding carboxylic acids is 1. The summed E-state index contributed by atoms with van der Waals surface area (Å²) in [5, 5.41) is 0.662. The van der Waals surface area contributed by atoms with E-state index in [0.717, 1.165) is 48.4 Å². The molecule has 0 radical (unpaired) electrons. The van der Waals surface area contributed by atoms with Crippen molar-refractivity contribution >= 4 is 39.3 Å². The van der Waals surface area contributed by atoms with Crippen LogP contribution in [0.4, 0.5) is 10.5 Å². The van der Waals surface area contributed by atoms with Crippen LogP contribution in [0, 0.1) is 5.92 Å². The van der Waals surface area contributed by atoms with Crippen molar-refractivity contribution in [1.82, 2.24) is 4.90 Å². The summed E-state index contributed by atoms with van der Waals surface area (Å²) in [6.07, 6.45) is 4.15. The van der Waals surface area contributed by atoms with Crippen LogP contribution in [0.25, 0.3) is 0 Å². The Hall–Kier alpha value is -1.76. The monoisotopic (exact) mass is 534 g/mol. The summed E-state index contributed by atoms with van der Waals surface area (Å²) in [6.45, 7) is 7.84. The van der Waals surface area contributed by atoms with E-state index in [1.54, 1.807) is 17.0 Å². The molecule has 0 aliphatic carbocycles. The average Bonchev–Trinajstić information content (AvgIpc) is 3.16. The number of hydrogen-bond donors (Lipinski definition) is 0. The molecule has 33 heavy (non-hydrogen) atoms. The number of hydrogen-bond acceptors (Lipinski definition) is 4. The smallest absolute Gasteiger partial charge is 0.414 e. The van der Waals surface area contributed by atoms with E-state index in [1.807, 2.05) is 18.2 Å². The average molecular weight is 536 g/mol. The summed E-state index contributed by atoms with van der Waals surface area (Å²) in [7, 11) is 0. The minimum atomic E-state index is -0.268. The van der Waals surface area contributed by atoms with Crippen LogP contribution in [0.15, 0.2) is 46.9 Å². The molecule has 2 aromatic rings. The van der Waals surface area contributed by atoms with E-state index in [4.69, 9.17) is 21.1 Å². The van der Waals surface area contributed by atoms with Gasteiger partial charge in [-0.05, 0) is 107 Å². The quantitative estimate of drug-likeness (QED) is 0.384. The van der Waals surface area contributed by atoms with E-state index < -0.39 is 0 Å². The van der Waals surface area contributed by atoms with E-state index in [0.29, 0.717) is 17.5 Å². The van der Waals surface area contributed by atoms with Crippen LogP contribution in [0.1, 0.15) is 38.7 Å². The standard InChI is InChI=1S/C26H32BrClN2O3/c1-18(2)32-23-7-8-25(27)20(16-23)15-19-9-12-29(13-10-19)14-11-24-17-30(26(31)33-24)22-5-3-21(28)4-6-22/h3-8,16,18-19,24H,9-15,17H2,1-2H3. The van der Waals surface area contributed by atoms with Gasteiger partial charge >= 0.3 is 6.09 Å². The molecule has 2 saturated heterocycles. The van der Waals surface area contributed by atoms with Crippen molar-refractivity contribution in [2.75, 3.05) is 31.1 Å². The van der Waals surface area contributed by atoms with Crippen molar-refractivity contribution in [3.05, 3.63) is 57.5 Å². The molecule has 0 N–H and O–H groups in total. The van der Waals surface area contributed by atoms with Gasteiger partial charge in [0.15, 0.2) is 0 Å². The summed E-state index contributed by atoms with van der Waals surface area (Å²) in [6, 6.07) is 13.6. The van der Waals surface area contributed by atoms with Gasteiger partial charge in [0.1, 0.15) is 11.9 Å². The predicted molar refractivity (Wildman–Crippen MR) is 136 cm³/mol. The molecule has 0 saturated carbocycles. The van der Waals surface area contributed by atoms with Crippen molar-refractivity contribution in [3.8, 4) is 5.75 Å². The van der Waals surface area contributed by atoms with Gasteiger partial charge in [0.05, 0.1) is 12.6 Å². The number of piperidine rings is 1. The van der Waals surface area contributed by atoms with Gasteiger partial charge in [-0.1, -0.05) is 27.5 Å². The normalized spacial score (nSPS) is 19.8. The van der Waals surface area contributed by atoms with E-state index in [-0.39, 0.29) is 18.3 Å². The minimum absolute atomic E-state index is 0.0643. The molecule has 1 atom stereocenters. The Labute approximate surface area is 210 Å². The number of nitrogens with zero attached hydrogens (tertiary/aromatic N) is 2. The van der Waals surface area contributed by atoms with Gasteiger partial charge in [-0.2, -0.15) is 0 Å². The third kappa shape index (κ3) is 6.65. The number of anilines is 1. The first-order valence-electron chi connectivity index (χ1n) is 11.8. The van der Waals surface area contributed by atoms with E-state index in [1.165, 1.54) is 18.4 Å². The summed E-state index contributed by atoms with van der Waals surface area (Å²) in [5.74, 6) is 1.62. The fourth-order valence-corrected chi connectivity index (χ4v) is 5.14. The lowest BCUT2D eigenvalue weighted by atomic mass is 9.90. The van der Waals surface area contributed by atoms with E-state index in [9.17, 15) is 4.79 Å². The molecule has 0 bridgehead atoms. The Morgan fingerprint density at radius 1 is 1.15 bits per heavy atom. The van der Waals surface area contributed by atoms with Gasteiger partial charge in [-0.25, -0.2) is 4.79 Å². The second-order valence-electron chi connectivity index (χ2n) is 9.29. The van der Waals surface area contributed by atoms with Crippen LogP contribution in [0.3, 0.4) is 0 Å². The maximum atomic E-state index is 12.3. The minimum Gasteiger partial charge on any atom is -0.491 e. The Kier molecular flexibility index (Phi) is 8.20. The molecule has 0 aromatic heterocycles. The van der Waals surface area contributed by atoms with Crippen LogP contribution in [-0.2, 0) is 11.2 Å². The van der Waals surface area contributed by atoms with Gasteiger partial charge < -0.3 is 14.4 Å². The third-order valence-electron chi connectivity index (χ3n) is 6.38. The Morgan fingerprint density at radius 2 is 1.88 bits per heavy atom. The molecule has 5 nitrogen and oxygen atoms in total. The molecule has 1 amide bonds. The summed E-state index contributed by atoms with van der Waals surface area (Å²) >= 11 is 9.67. The van der Waals surface area contributed by atoms with Crippen molar-refractivity contribution in [1.29, 1.82) is 0 Å². The molecule has 0 spiro atoms. The third-order valence-corrected chi connectivity index (χ3v) is 7.41. The molecule has 4 rings (SSSR count). The number of ether oxygens (including phenoxy) is 2. The molecule has 2 aliphatic heterocycles. The van der Waals surface area contributed by atoms with Crippen molar-refractivity contribution < 1.29 is 14.3 Å². The van der Waals surface area contributed by atoms with E-state index in [2.05, 4.69) is 46.8 Å². The fraction of sp³-hybridized carbons (Fsp3) is 0.500. The zero-order chi connectivity index (χ0) is 23.4. The van der Waals surface area contributed by atoms with Crippen LogP contribution in [-0.4, -0.2) is 49.4 Å². The maximum absolute atomic E-state index is 12.3. The molecule has 2 fully saturated rings. The number of carbonyl (C=O) groups is 1. The Bertz CT molecular complexity index is 945. The van der Waals surface area contributed by atoms with E-state index >= 15 is 0 Å². The summed E-state index contributed by atoms with van der Waals surface area (Å²) in [4.78, 5) is 16.5. The highest BCUT2D eigenvalue weighted by molar-refractivity contribution is 9.10. The maximum Gasteiger partial charge on any atom is 0.414 e. The molecular weight excluding hydrogens is 504 g/mol. The number of cyclic esters (lactones) is 1. The number of benzene rings is 2. The zero-order valence-electron chi connectivity index (χ0n) is 19.3. The molecule has 178 valence electrons. The van der Waals surface area contributed by atoms with Gasteiger partial charge in [0.25, 0.3) is 0 Å². The van der Waals surface area contributed by atoms with Crippen molar-refractivity contribution in [3.63, 3.8) is 0 Å². The van der Waals surface area contributed by atoms with Crippen LogP contribution in [0.5, 0.6) is 5.75 Å². The predicted octanol–water partition coefficient (Wildman–Crippen LogP) is 6.56. The lowest BCUT2D eigenvalue weighted by molar-refractivity contribution is 0.116. The van der Waals surface area contributed by atoms with Gasteiger partial charge in [0.2, 0.25) is 0 Å². The Morgan fingerprint density at radius 3 is 2.58 bits per heavy atom. The second kappa shape index (κ2) is 11.1. The van der Waals surface area contributed by atoms with Gasteiger partial charge in [-0.15, -0.1) is 0 Å². The van der Waals surface area contributed by atoms with Gasteiger partial charge in [0, 0.05) is 21.7 Å². The van der Waals surface area contributed by atoms with Gasteiger partial charge in [-0.3, -0.25) is 4.90 Å². The lowest BCUT2D eigenvalue weighted by Gasteiger charge is -2.32. The molecular formula is C26H32BrClN2O3. The molecule has 2 aliphatic rings. The summed E-state index contributed by atoms with van der Waals surface area (Å²) < 4.78 is 12.6. The highest BCUT2D eigenvalue weighted by Gasteiger charge is 2.32. The largest absolute Gasteiger partial charge is 0.491 e. The zero-order valence-corrected chi connectivity index (χ0v) is 21.6. The highest BCUT2D eigenvalue weighted by Crippen LogP contribution is 2.30. The highest BCUT2D eigenvalue weighted by atomic mass is 79.9. The second-order valence-corrected chi connectivity index (χ2v) is 10.6. The SMILES string of the molecule is CC(C)Oc1ccc(Br)c(CC2CCN(CCC3CN(c4ccc(Cl)cc4)C(=O)O3)CC2)c1. The first-order chi connectivity index (χ1) is 15.9. The number of halogens is 2. The first kappa shape index (κ1) is 24.4. The molecule has 1 unspecified atom stereocenters. The summed E-state index contributed by atoms with van der Waals surface area (Å²) in [5.41, 5.74) is 2.16. The van der Waals surface area contributed by atoms with Crippen molar-refractivity contribution in [2.24, 2.45) is 5.92 Å². The molecule has 2 heterocycles. The first-order valence-corrected chi connectivity index (χ1v) is 13.0.